The van der Waals surface area contributed by atoms with Crippen LogP contribution in [0.4, 0.5) is 0 Å². The summed E-state index contributed by atoms with van der Waals surface area (Å²) in [6.07, 6.45) is 1.54. The standard InChI is InChI=1S/C18H18Br2N2O7S.2C18H19BrN2O7S.CH4/c1-3-11-9-28-10-18(19,20)17-21-13(16(24)27-2)14(15(23)22(11)17)29-30(25,26)12-7-5-4-6-8-12;2*1-3-11-9-27-10-13(19)16-20-14(18(23)26-2)15(17(22)21(11)16)28-29(24,25)12-7-5-4-6-8-12;/h4-8,11H,3,9-10H2,1-2H3;2*4-8,11,13H,3,9-10H2,1-2H3;1H4/t11-;11-,13?;11-,13+;/m000./s1. The van der Waals surface area contributed by atoms with E-state index in [1.807, 2.05) is 20.8 Å². The lowest BCUT2D eigenvalue weighted by Gasteiger charge is -2.23. The van der Waals surface area contributed by atoms with E-state index < -0.39 is 130 Å². The van der Waals surface area contributed by atoms with Crippen LogP contribution in [-0.2, 0) is 62.0 Å². The molecule has 34 heteroatoms. The summed E-state index contributed by atoms with van der Waals surface area (Å²) in [5, 5.41) is 0. The molecular weight excluding hydrogens is 1500 g/mol. The Kier molecular flexibility index (Phi) is 24.8. The van der Waals surface area contributed by atoms with Crippen molar-refractivity contribution in [3.63, 3.8) is 0 Å². The van der Waals surface area contributed by atoms with E-state index in [9.17, 15) is 54.0 Å². The summed E-state index contributed by atoms with van der Waals surface area (Å²) in [4.78, 5) is 88.2. The molecule has 0 saturated carbocycles. The molecule has 9 rings (SSSR count). The number of halogens is 4. The molecule has 0 spiro atoms. The Morgan fingerprint density at radius 3 is 1.10 bits per heavy atom. The third-order valence-electron chi connectivity index (χ3n) is 13.2. The number of benzene rings is 3. The topological polar surface area (TPSA) is 341 Å². The van der Waals surface area contributed by atoms with Gasteiger partial charge in [0.1, 0.15) is 32.2 Å². The van der Waals surface area contributed by atoms with E-state index in [0.29, 0.717) is 19.3 Å². The van der Waals surface area contributed by atoms with Crippen molar-refractivity contribution in [1.82, 2.24) is 28.7 Å². The maximum absolute atomic E-state index is 13.4. The fraction of sp³-hybridized carbons (Fsp3) is 0.400. The lowest BCUT2D eigenvalue weighted by atomic mass is 10.2. The molecule has 1 unspecified atom stereocenters. The molecule has 0 N–H and O–H groups in total. The van der Waals surface area contributed by atoms with Crippen LogP contribution >= 0.6 is 63.7 Å². The van der Waals surface area contributed by atoms with Gasteiger partial charge in [-0.3, -0.25) is 28.1 Å². The average molecular weight is 1560 g/mol. The van der Waals surface area contributed by atoms with E-state index in [2.05, 4.69) is 78.7 Å². The van der Waals surface area contributed by atoms with E-state index in [0.717, 1.165) is 21.3 Å². The first-order valence-electron chi connectivity index (χ1n) is 26.3. The van der Waals surface area contributed by atoms with Crippen molar-refractivity contribution in [3.8, 4) is 17.2 Å². The molecule has 0 aliphatic carbocycles. The van der Waals surface area contributed by atoms with Gasteiger partial charge in [0.2, 0.25) is 17.2 Å². The Balaban J connectivity index is 0.000000212. The maximum Gasteiger partial charge on any atom is 0.360 e. The number of alkyl halides is 4. The second-order valence-corrected chi connectivity index (χ2v) is 29.5. The van der Waals surface area contributed by atoms with Crippen molar-refractivity contribution in [2.45, 2.75) is 93.2 Å². The zero-order valence-corrected chi connectivity index (χ0v) is 56.2. The Morgan fingerprint density at radius 2 is 0.787 bits per heavy atom. The molecule has 89 heavy (non-hydrogen) atoms. The molecule has 27 nitrogen and oxygen atoms in total. The third kappa shape index (κ3) is 16.1. The Morgan fingerprint density at radius 1 is 0.494 bits per heavy atom. The first-order chi connectivity index (χ1) is 41.7. The number of carbonyl (C=O) groups is 3. The summed E-state index contributed by atoms with van der Waals surface area (Å²) in [5.74, 6) is -4.50. The van der Waals surface area contributed by atoms with Crippen LogP contribution in [0.2, 0.25) is 0 Å². The van der Waals surface area contributed by atoms with Crippen LogP contribution in [0, 0.1) is 0 Å². The van der Waals surface area contributed by atoms with Gasteiger partial charge in [-0.05, 0) is 55.7 Å². The van der Waals surface area contributed by atoms with Crippen molar-refractivity contribution < 1.29 is 80.6 Å². The summed E-state index contributed by atoms with van der Waals surface area (Å²) in [6, 6.07) is 20.6. The van der Waals surface area contributed by atoms with Gasteiger partial charge in [-0.1, -0.05) is 147 Å². The van der Waals surface area contributed by atoms with Gasteiger partial charge in [0.05, 0.1) is 88.8 Å². The number of nitrogens with zero attached hydrogens (tertiary/aromatic N) is 6. The number of esters is 3. The molecule has 0 fully saturated rings. The maximum atomic E-state index is 13.4. The largest absolute Gasteiger partial charge is 0.464 e. The smallest absolute Gasteiger partial charge is 0.360 e. The van der Waals surface area contributed by atoms with E-state index in [1.54, 1.807) is 18.2 Å². The van der Waals surface area contributed by atoms with Crippen molar-refractivity contribution in [3.05, 3.63) is 157 Å². The fourth-order valence-corrected chi connectivity index (χ4v) is 13.5. The van der Waals surface area contributed by atoms with Crippen molar-refractivity contribution in [2.75, 3.05) is 61.0 Å². The first-order valence-corrected chi connectivity index (χ1v) is 34.0. The summed E-state index contributed by atoms with van der Waals surface area (Å²) in [7, 11) is -9.86. The number of hydrogen-bond acceptors (Lipinski definition) is 24. The van der Waals surface area contributed by atoms with Gasteiger partial charge in [0.15, 0.2) is 20.3 Å². The number of carbonyl (C=O) groups excluding carboxylic acids is 3. The number of hydrogen-bond donors (Lipinski definition) is 0. The highest BCUT2D eigenvalue weighted by molar-refractivity contribution is 9.24. The highest BCUT2D eigenvalue weighted by atomic mass is 79.9. The van der Waals surface area contributed by atoms with Crippen LogP contribution in [0.5, 0.6) is 17.2 Å². The van der Waals surface area contributed by atoms with Crippen LogP contribution in [0.25, 0.3) is 0 Å². The van der Waals surface area contributed by atoms with E-state index in [1.165, 1.54) is 86.5 Å². The average Bonchev–Trinajstić information content (AvgIpc) is 1.93. The first kappa shape index (κ1) is 71.8. The normalized spacial score (nSPS) is 18.6. The molecule has 0 saturated heterocycles. The van der Waals surface area contributed by atoms with Crippen LogP contribution in [0.15, 0.2) is 120 Å². The minimum absolute atomic E-state index is 0. The second kappa shape index (κ2) is 30.7. The zero-order valence-electron chi connectivity index (χ0n) is 47.4. The van der Waals surface area contributed by atoms with Crippen molar-refractivity contribution >= 4 is 112 Å². The molecule has 3 aromatic carbocycles. The lowest BCUT2D eigenvalue weighted by Crippen LogP contribution is -2.36. The summed E-state index contributed by atoms with van der Waals surface area (Å²) in [5.41, 5.74) is -3.99. The molecular formula is C55H60Br4N6O21S3. The lowest BCUT2D eigenvalue weighted by molar-refractivity contribution is 0.0581. The molecule has 3 aromatic heterocycles. The summed E-state index contributed by atoms with van der Waals surface area (Å²) in [6.45, 7) is 6.77. The van der Waals surface area contributed by atoms with E-state index in [4.69, 9.17) is 41.0 Å². The molecule has 5 atom stereocenters. The highest BCUT2D eigenvalue weighted by Crippen LogP contribution is 2.41. The molecule has 3 aliphatic heterocycles. The number of methoxy groups -OCH3 is 3. The van der Waals surface area contributed by atoms with Crippen LogP contribution in [0.1, 0.15) is 124 Å². The molecule has 0 bridgehead atoms. The van der Waals surface area contributed by atoms with Gasteiger partial charge < -0.3 is 41.0 Å². The van der Waals surface area contributed by atoms with Gasteiger partial charge in [0, 0.05) is 0 Å². The molecule has 482 valence electrons. The monoisotopic (exact) mass is 1550 g/mol. The van der Waals surface area contributed by atoms with Crippen LogP contribution in [0.3, 0.4) is 0 Å². The number of aromatic nitrogens is 6. The Hall–Kier alpha value is -6.24. The molecule has 0 radical (unpaired) electrons. The highest BCUT2D eigenvalue weighted by Gasteiger charge is 2.41. The van der Waals surface area contributed by atoms with E-state index in [-0.39, 0.29) is 79.2 Å². The number of rotatable bonds is 15. The van der Waals surface area contributed by atoms with Gasteiger partial charge in [-0.2, -0.15) is 25.3 Å². The van der Waals surface area contributed by atoms with Gasteiger partial charge in [0.25, 0.3) is 16.7 Å². The van der Waals surface area contributed by atoms with Gasteiger partial charge in [-0.15, -0.1) is 0 Å². The van der Waals surface area contributed by atoms with Crippen LogP contribution in [-0.4, -0.2) is 133 Å². The molecule has 6 heterocycles. The zero-order chi connectivity index (χ0) is 64.5. The molecule has 3 aliphatic rings. The predicted octanol–water partition coefficient (Wildman–Crippen LogP) is 7.79. The number of fused-ring (bicyclic) bond motifs is 3. The molecule has 6 aromatic rings. The predicted molar refractivity (Wildman–Crippen MR) is 332 cm³/mol. The van der Waals surface area contributed by atoms with Gasteiger partial charge >= 0.3 is 48.3 Å². The number of ether oxygens (including phenoxy) is 6. The fourth-order valence-electron chi connectivity index (χ4n) is 8.77. The Bertz CT molecular complexity index is 3920. The quantitative estimate of drug-likeness (QED) is 0.0409. The van der Waals surface area contributed by atoms with Crippen LogP contribution < -0.4 is 29.2 Å². The molecule has 0 amide bonds. The SMILES string of the molecule is C.CC[C@H]1COCC(Br)(Br)c2nc(C(=O)OC)c(OS(=O)(=O)c3ccccc3)c(=O)n21.CC[C@H]1COCC(Br)c2nc(C(=O)OC)c(OS(=O)(=O)c3ccccc3)c(=O)n21.CC[C@H]1COC[C@@H](Br)c2nc(C(=O)OC)c(OS(=O)(=O)c3ccccc3)c(=O)n21. The summed E-state index contributed by atoms with van der Waals surface area (Å²) >= 11 is 13.6. The van der Waals surface area contributed by atoms with Crippen molar-refractivity contribution in [2.24, 2.45) is 0 Å². The minimum atomic E-state index is -4.40. The third-order valence-corrected chi connectivity index (χ3v) is 19.4. The van der Waals surface area contributed by atoms with Crippen molar-refractivity contribution in [1.29, 1.82) is 0 Å². The summed E-state index contributed by atoms with van der Waals surface area (Å²) < 4.78 is 125. The second-order valence-electron chi connectivity index (χ2n) is 18.9. The van der Waals surface area contributed by atoms with E-state index >= 15 is 0 Å². The minimum Gasteiger partial charge on any atom is -0.464 e. The van der Waals surface area contributed by atoms with Gasteiger partial charge in [-0.25, -0.2) is 29.3 Å². The Labute approximate surface area is 545 Å².